The van der Waals surface area contributed by atoms with E-state index in [1.54, 1.807) is 6.07 Å². The van der Waals surface area contributed by atoms with Crippen LogP contribution >= 0.6 is 0 Å². The van der Waals surface area contributed by atoms with Gasteiger partial charge in [0.25, 0.3) is 5.91 Å². The van der Waals surface area contributed by atoms with E-state index in [9.17, 15) is 4.79 Å². The van der Waals surface area contributed by atoms with Crippen LogP contribution in [-0.2, 0) is 0 Å². The molecule has 0 aliphatic heterocycles. The Kier molecular flexibility index (Phi) is 4.42. The van der Waals surface area contributed by atoms with Gasteiger partial charge in [0.1, 0.15) is 6.04 Å². The number of nitrogens with zero attached hydrogens (tertiary/aromatic N) is 2. The third-order valence-electron chi connectivity index (χ3n) is 3.72. The predicted molar refractivity (Wildman–Crippen MR) is 91.5 cm³/mol. The summed E-state index contributed by atoms with van der Waals surface area (Å²) < 4.78 is 5.31. The lowest BCUT2D eigenvalue weighted by molar-refractivity contribution is 0.0932. The molecule has 0 radical (unpaired) electrons. The van der Waals surface area contributed by atoms with Crippen molar-refractivity contribution in [2.24, 2.45) is 0 Å². The molecule has 5 heteroatoms. The van der Waals surface area contributed by atoms with Crippen LogP contribution < -0.4 is 5.32 Å². The molecule has 1 unspecified atom stereocenters. The first kappa shape index (κ1) is 15.9. The Labute approximate surface area is 140 Å². The number of aromatic nitrogens is 2. The summed E-state index contributed by atoms with van der Waals surface area (Å²) in [6.45, 7) is 5.78. The fourth-order valence-electron chi connectivity index (χ4n) is 2.44. The molecule has 5 nitrogen and oxygen atoms in total. The lowest BCUT2D eigenvalue weighted by Crippen LogP contribution is -2.26. The van der Waals surface area contributed by atoms with Crippen LogP contribution in [0.5, 0.6) is 0 Å². The van der Waals surface area contributed by atoms with E-state index >= 15 is 0 Å². The van der Waals surface area contributed by atoms with Crippen molar-refractivity contribution in [1.82, 2.24) is 15.5 Å². The second-order valence-electron chi connectivity index (χ2n) is 5.89. The van der Waals surface area contributed by atoms with Crippen LogP contribution in [0.15, 0.2) is 53.1 Å². The molecule has 0 spiro atoms. The molecule has 1 heterocycles. The summed E-state index contributed by atoms with van der Waals surface area (Å²) in [6, 6.07) is 14.9. The second kappa shape index (κ2) is 6.66. The van der Waals surface area contributed by atoms with E-state index in [4.69, 9.17) is 4.52 Å². The molecule has 122 valence electrons. The van der Waals surface area contributed by atoms with Gasteiger partial charge in [0.05, 0.1) is 0 Å². The van der Waals surface area contributed by atoms with Gasteiger partial charge in [-0.15, -0.1) is 0 Å². The average Bonchev–Trinajstić information content (AvgIpc) is 3.05. The molecule has 0 fully saturated rings. The van der Waals surface area contributed by atoms with Crippen LogP contribution in [0, 0.1) is 13.8 Å². The first-order chi connectivity index (χ1) is 11.5. The number of amides is 1. The van der Waals surface area contributed by atoms with Crippen LogP contribution in [0.2, 0.25) is 0 Å². The standard InChI is InChI=1S/C19H19N3O2/c1-12-6-4-8-15(10-12)17-21-19(24-22-17)14(3)20-18(23)16-9-5-7-13(2)11-16/h4-11,14H,1-3H3,(H,20,23). The van der Waals surface area contributed by atoms with E-state index in [-0.39, 0.29) is 11.9 Å². The number of rotatable bonds is 4. The maximum atomic E-state index is 12.3. The summed E-state index contributed by atoms with van der Waals surface area (Å²) >= 11 is 0. The molecule has 0 aliphatic rings. The van der Waals surface area contributed by atoms with Gasteiger partial charge in [0, 0.05) is 11.1 Å². The predicted octanol–water partition coefficient (Wildman–Crippen LogP) is 3.84. The average molecular weight is 321 g/mol. The number of hydrogen-bond donors (Lipinski definition) is 1. The normalized spacial score (nSPS) is 12.0. The van der Waals surface area contributed by atoms with Gasteiger partial charge in [-0.3, -0.25) is 4.79 Å². The summed E-state index contributed by atoms with van der Waals surface area (Å²) in [6.07, 6.45) is 0. The summed E-state index contributed by atoms with van der Waals surface area (Å²) in [4.78, 5) is 16.7. The Hall–Kier alpha value is -2.95. The maximum absolute atomic E-state index is 12.3. The molecular weight excluding hydrogens is 302 g/mol. The number of nitrogens with one attached hydrogen (secondary N) is 1. The molecule has 2 aromatic carbocycles. The van der Waals surface area contributed by atoms with E-state index in [1.807, 2.05) is 63.2 Å². The zero-order valence-corrected chi connectivity index (χ0v) is 13.9. The molecule has 24 heavy (non-hydrogen) atoms. The largest absolute Gasteiger partial charge is 0.341 e. The van der Waals surface area contributed by atoms with Crippen molar-refractivity contribution in [2.75, 3.05) is 0 Å². The Morgan fingerprint density at radius 3 is 2.50 bits per heavy atom. The molecule has 0 saturated heterocycles. The van der Waals surface area contributed by atoms with Crippen LogP contribution in [-0.4, -0.2) is 16.0 Å². The first-order valence-electron chi connectivity index (χ1n) is 7.81. The van der Waals surface area contributed by atoms with Crippen molar-refractivity contribution >= 4 is 5.91 Å². The maximum Gasteiger partial charge on any atom is 0.251 e. The Morgan fingerprint density at radius 2 is 1.79 bits per heavy atom. The van der Waals surface area contributed by atoms with Crippen molar-refractivity contribution < 1.29 is 9.32 Å². The Morgan fingerprint density at radius 1 is 1.08 bits per heavy atom. The molecule has 3 rings (SSSR count). The lowest BCUT2D eigenvalue weighted by atomic mass is 10.1. The zero-order valence-electron chi connectivity index (χ0n) is 13.9. The summed E-state index contributed by atoms with van der Waals surface area (Å²) in [5, 5.41) is 6.89. The Bertz CT molecular complexity index is 870. The first-order valence-corrected chi connectivity index (χ1v) is 7.81. The van der Waals surface area contributed by atoms with Crippen LogP contribution in [0.1, 0.15) is 40.3 Å². The number of aryl methyl sites for hydroxylation is 2. The quantitative estimate of drug-likeness (QED) is 0.792. The van der Waals surface area contributed by atoms with E-state index in [1.165, 1.54) is 0 Å². The number of carbonyl (C=O) groups is 1. The number of carbonyl (C=O) groups excluding carboxylic acids is 1. The molecular formula is C19H19N3O2. The minimum absolute atomic E-state index is 0.165. The second-order valence-corrected chi connectivity index (χ2v) is 5.89. The van der Waals surface area contributed by atoms with Crippen LogP contribution in [0.3, 0.4) is 0 Å². The van der Waals surface area contributed by atoms with Gasteiger partial charge in [0.15, 0.2) is 0 Å². The number of benzene rings is 2. The summed E-state index contributed by atoms with van der Waals surface area (Å²) in [5.41, 5.74) is 3.66. The zero-order chi connectivity index (χ0) is 17.1. The SMILES string of the molecule is Cc1cccc(C(=O)NC(C)c2nc(-c3cccc(C)c3)no2)c1. The molecule has 0 saturated carbocycles. The third kappa shape index (κ3) is 3.51. The molecule has 0 aliphatic carbocycles. The van der Waals surface area contributed by atoms with Gasteiger partial charge < -0.3 is 9.84 Å². The summed E-state index contributed by atoms with van der Waals surface area (Å²) in [7, 11) is 0. The third-order valence-corrected chi connectivity index (χ3v) is 3.72. The minimum Gasteiger partial charge on any atom is -0.341 e. The van der Waals surface area contributed by atoms with Gasteiger partial charge in [-0.2, -0.15) is 4.98 Å². The minimum atomic E-state index is -0.371. The van der Waals surface area contributed by atoms with E-state index < -0.39 is 0 Å². The van der Waals surface area contributed by atoms with Crippen molar-refractivity contribution in [1.29, 1.82) is 0 Å². The van der Waals surface area contributed by atoms with Gasteiger partial charge in [-0.25, -0.2) is 0 Å². The van der Waals surface area contributed by atoms with Crippen LogP contribution in [0.25, 0.3) is 11.4 Å². The molecule has 1 amide bonds. The van der Waals surface area contributed by atoms with Crippen molar-refractivity contribution in [2.45, 2.75) is 26.8 Å². The van der Waals surface area contributed by atoms with E-state index in [0.717, 1.165) is 16.7 Å². The highest BCUT2D eigenvalue weighted by molar-refractivity contribution is 5.94. The van der Waals surface area contributed by atoms with Gasteiger partial charge in [-0.1, -0.05) is 46.6 Å². The van der Waals surface area contributed by atoms with Crippen LogP contribution in [0.4, 0.5) is 0 Å². The number of hydrogen-bond acceptors (Lipinski definition) is 4. The molecule has 1 aromatic heterocycles. The van der Waals surface area contributed by atoms with Gasteiger partial charge >= 0.3 is 0 Å². The monoisotopic (exact) mass is 321 g/mol. The van der Waals surface area contributed by atoms with Gasteiger partial charge in [0.2, 0.25) is 11.7 Å². The lowest BCUT2D eigenvalue weighted by Gasteiger charge is -2.10. The molecule has 1 N–H and O–H groups in total. The van der Waals surface area contributed by atoms with Crippen molar-refractivity contribution in [3.63, 3.8) is 0 Å². The fraction of sp³-hybridized carbons (Fsp3) is 0.211. The molecule has 1 atom stereocenters. The molecule has 3 aromatic rings. The molecule has 0 bridgehead atoms. The Balaban J connectivity index is 1.74. The van der Waals surface area contributed by atoms with E-state index in [0.29, 0.717) is 17.3 Å². The highest BCUT2D eigenvalue weighted by atomic mass is 16.5. The van der Waals surface area contributed by atoms with Crippen molar-refractivity contribution in [3.8, 4) is 11.4 Å². The fourth-order valence-corrected chi connectivity index (χ4v) is 2.44. The van der Waals surface area contributed by atoms with Crippen molar-refractivity contribution in [3.05, 3.63) is 71.1 Å². The van der Waals surface area contributed by atoms with Gasteiger partial charge in [-0.05, 0) is 39.0 Å². The highest BCUT2D eigenvalue weighted by Crippen LogP contribution is 2.19. The summed E-state index contributed by atoms with van der Waals surface area (Å²) in [5.74, 6) is 0.736. The highest BCUT2D eigenvalue weighted by Gasteiger charge is 2.18. The van der Waals surface area contributed by atoms with E-state index in [2.05, 4.69) is 15.5 Å². The smallest absolute Gasteiger partial charge is 0.251 e. The topological polar surface area (TPSA) is 68.0 Å².